The lowest BCUT2D eigenvalue weighted by Gasteiger charge is -2.33. The van der Waals surface area contributed by atoms with E-state index in [0.717, 1.165) is 22.4 Å². The predicted molar refractivity (Wildman–Crippen MR) is 135 cm³/mol. The van der Waals surface area contributed by atoms with Gasteiger partial charge < -0.3 is 9.80 Å². The van der Waals surface area contributed by atoms with Crippen LogP contribution in [-0.4, -0.2) is 28.0 Å². The molecule has 4 nitrogen and oxygen atoms in total. The number of benzene rings is 3. The van der Waals surface area contributed by atoms with Crippen molar-refractivity contribution in [2.24, 2.45) is 0 Å². The van der Waals surface area contributed by atoms with Crippen molar-refractivity contribution in [2.75, 3.05) is 11.4 Å². The molecule has 0 N–H and O–H groups in total. The van der Waals surface area contributed by atoms with Gasteiger partial charge in [0.25, 0.3) is 11.8 Å². The largest absolute Gasteiger partial charge is 0.310 e. The number of carbonyl (C=O) groups is 2. The maximum absolute atomic E-state index is 14.3. The maximum atomic E-state index is 14.3. The van der Waals surface area contributed by atoms with Crippen molar-refractivity contribution in [3.63, 3.8) is 0 Å². The Bertz CT molecular complexity index is 1240. The van der Waals surface area contributed by atoms with Crippen LogP contribution in [0.4, 0.5) is 5.69 Å². The van der Waals surface area contributed by atoms with Gasteiger partial charge in [0.2, 0.25) is 0 Å². The van der Waals surface area contributed by atoms with Gasteiger partial charge >= 0.3 is 0 Å². The second kappa shape index (κ2) is 7.93. The van der Waals surface area contributed by atoms with E-state index in [9.17, 15) is 9.59 Å². The van der Waals surface area contributed by atoms with E-state index in [-0.39, 0.29) is 16.6 Å². The van der Waals surface area contributed by atoms with Gasteiger partial charge in [0.1, 0.15) is 0 Å². The van der Waals surface area contributed by atoms with Gasteiger partial charge in [-0.1, -0.05) is 59.6 Å². The molecule has 1 atom stereocenters. The molecule has 0 unspecified atom stereocenters. The van der Waals surface area contributed by atoms with Gasteiger partial charge in [0.15, 0.2) is 4.87 Å². The van der Waals surface area contributed by atoms with Crippen LogP contribution in [-0.2, 0) is 16.2 Å². The number of thioether (sulfide) groups is 1. The molecule has 3 aromatic rings. The van der Waals surface area contributed by atoms with Gasteiger partial charge in [-0.15, -0.1) is 11.8 Å². The summed E-state index contributed by atoms with van der Waals surface area (Å²) >= 11 is 7.97. The van der Waals surface area contributed by atoms with E-state index in [1.54, 1.807) is 21.6 Å². The summed E-state index contributed by atoms with van der Waals surface area (Å²) in [5, 5.41) is 0.551. The highest BCUT2D eigenvalue weighted by Crippen LogP contribution is 2.60. The molecule has 2 amide bonds. The highest BCUT2D eigenvalue weighted by Gasteiger charge is 2.63. The van der Waals surface area contributed by atoms with Crippen LogP contribution in [0.1, 0.15) is 40.9 Å². The monoisotopic (exact) mass is 476 g/mol. The summed E-state index contributed by atoms with van der Waals surface area (Å²) in [4.78, 5) is 30.5. The van der Waals surface area contributed by atoms with Crippen LogP contribution in [0, 0.1) is 6.92 Å². The number of rotatable bonds is 3. The summed E-state index contributed by atoms with van der Waals surface area (Å²) in [5.41, 5.74) is 4.28. The van der Waals surface area contributed by atoms with Crippen molar-refractivity contribution in [3.05, 3.63) is 100 Å². The fourth-order valence-corrected chi connectivity index (χ4v) is 6.65. The lowest BCUT2D eigenvalue weighted by Crippen LogP contribution is -2.50. The predicted octanol–water partition coefficient (Wildman–Crippen LogP) is 6.02. The first-order valence-electron chi connectivity index (χ1n) is 11.0. The van der Waals surface area contributed by atoms with Crippen molar-refractivity contribution in [1.29, 1.82) is 0 Å². The zero-order valence-electron chi connectivity index (χ0n) is 18.8. The summed E-state index contributed by atoms with van der Waals surface area (Å²) in [6, 6.07) is 23.0. The van der Waals surface area contributed by atoms with E-state index in [4.69, 9.17) is 11.6 Å². The first-order valence-corrected chi connectivity index (χ1v) is 12.2. The van der Waals surface area contributed by atoms with Crippen LogP contribution in [0.3, 0.4) is 0 Å². The average Bonchev–Trinajstić information content (AvgIpc) is 3.20. The molecule has 1 fully saturated rings. The van der Waals surface area contributed by atoms with Gasteiger partial charge in [0, 0.05) is 27.4 Å². The van der Waals surface area contributed by atoms with Crippen LogP contribution < -0.4 is 4.90 Å². The minimum Gasteiger partial charge on any atom is -0.310 e. The van der Waals surface area contributed by atoms with Crippen LogP contribution in [0.25, 0.3) is 0 Å². The summed E-state index contributed by atoms with van der Waals surface area (Å²) in [5.74, 6) is -0.242. The minimum atomic E-state index is -1.15. The summed E-state index contributed by atoms with van der Waals surface area (Å²) < 4.78 is -0.307. The second-order valence-electron chi connectivity index (χ2n) is 9.30. The van der Waals surface area contributed by atoms with Crippen LogP contribution in [0.2, 0.25) is 5.02 Å². The fraction of sp³-hybridized carbons (Fsp3) is 0.259. The fourth-order valence-electron chi connectivity index (χ4n) is 4.75. The number of anilines is 1. The van der Waals surface area contributed by atoms with Gasteiger partial charge in [-0.05, 0) is 56.7 Å². The van der Waals surface area contributed by atoms with E-state index in [0.29, 0.717) is 23.7 Å². The summed E-state index contributed by atoms with van der Waals surface area (Å²) in [6.45, 7) is 7.05. The third kappa shape index (κ3) is 3.64. The normalized spacial score (nSPS) is 21.0. The Hall–Kier alpha value is -2.76. The third-order valence-electron chi connectivity index (χ3n) is 6.22. The quantitative estimate of drug-likeness (QED) is 0.464. The lowest BCUT2D eigenvalue weighted by molar-refractivity contribution is -0.123. The van der Waals surface area contributed by atoms with Crippen molar-refractivity contribution in [1.82, 2.24) is 4.90 Å². The standard InChI is InChI=1S/C27H25ClN2O2S/c1-18-9-11-20(12-10-18)24(31)30-17-26(2,3)33-27(30)22-15-21(28)13-14-23(22)29(25(27)32)16-19-7-5-4-6-8-19/h4-15H,16-17H2,1-3H3/t27-/m1/s1. The average molecular weight is 477 g/mol. The molecule has 1 spiro atoms. The van der Waals surface area contributed by atoms with E-state index >= 15 is 0 Å². The van der Waals surface area contributed by atoms with Gasteiger partial charge in [-0.25, -0.2) is 0 Å². The molecular weight excluding hydrogens is 452 g/mol. The van der Waals surface area contributed by atoms with E-state index < -0.39 is 4.87 Å². The Morgan fingerprint density at radius 3 is 2.42 bits per heavy atom. The van der Waals surface area contributed by atoms with Crippen molar-refractivity contribution >= 4 is 40.9 Å². The molecule has 2 aliphatic heterocycles. The number of aryl methyl sites for hydroxylation is 1. The number of amides is 2. The number of fused-ring (bicyclic) bond motifs is 2. The molecule has 3 aromatic carbocycles. The second-order valence-corrected chi connectivity index (χ2v) is 11.6. The highest BCUT2D eigenvalue weighted by molar-refractivity contribution is 8.02. The molecule has 0 bridgehead atoms. The van der Waals surface area contributed by atoms with Gasteiger partial charge in [-0.2, -0.15) is 0 Å². The topological polar surface area (TPSA) is 40.6 Å². The molecule has 0 aliphatic carbocycles. The van der Waals surface area contributed by atoms with Gasteiger partial charge in [-0.3, -0.25) is 9.59 Å². The number of nitrogens with zero attached hydrogens (tertiary/aromatic N) is 2. The summed E-state index contributed by atoms with van der Waals surface area (Å²) in [6.07, 6.45) is 0. The molecule has 6 heteroatoms. The molecular formula is C27H25ClN2O2S. The van der Waals surface area contributed by atoms with E-state index in [2.05, 4.69) is 13.8 Å². The molecule has 2 aliphatic rings. The molecule has 2 heterocycles. The van der Waals surface area contributed by atoms with E-state index in [1.165, 1.54) is 0 Å². The molecule has 1 saturated heterocycles. The number of halogens is 1. The van der Waals surface area contributed by atoms with Crippen molar-refractivity contribution < 1.29 is 9.59 Å². The Morgan fingerprint density at radius 2 is 1.73 bits per heavy atom. The first kappa shape index (κ1) is 22.1. The smallest absolute Gasteiger partial charge is 0.268 e. The number of hydrogen-bond acceptors (Lipinski definition) is 3. The zero-order valence-corrected chi connectivity index (χ0v) is 20.4. The van der Waals surface area contributed by atoms with Crippen LogP contribution in [0.5, 0.6) is 0 Å². The van der Waals surface area contributed by atoms with E-state index in [1.807, 2.05) is 79.7 Å². The molecule has 0 radical (unpaired) electrons. The van der Waals surface area contributed by atoms with Crippen LogP contribution in [0.15, 0.2) is 72.8 Å². The van der Waals surface area contributed by atoms with Crippen LogP contribution >= 0.6 is 23.4 Å². The zero-order chi connectivity index (χ0) is 23.4. The Kier molecular flexibility index (Phi) is 5.30. The molecule has 0 saturated carbocycles. The highest BCUT2D eigenvalue weighted by atomic mass is 35.5. The maximum Gasteiger partial charge on any atom is 0.268 e. The molecule has 5 rings (SSSR count). The third-order valence-corrected chi connectivity index (χ3v) is 8.05. The molecule has 0 aromatic heterocycles. The minimum absolute atomic E-state index is 0.0975. The SMILES string of the molecule is Cc1ccc(C(=O)N2CC(C)(C)S[C@]23C(=O)N(Cc2ccccc2)c2ccc(Cl)cc23)cc1. The Labute approximate surface area is 203 Å². The van der Waals surface area contributed by atoms with Crippen molar-refractivity contribution in [2.45, 2.75) is 36.9 Å². The number of carbonyl (C=O) groups excluding carboxylic acids is 2. The first-order chi connectivity index (χ1) is 15.7. The number of hydrogen-bond donors (Lipinski definition) is 0. The summed E-state index contributed by atoms with van der Waals surface area (Å²) in [7, 11) is 0. The molecule has 33 heavy (non-hydrogen) atoms. The lowest BCUT2D eigenvalue weighted by atomic mass is 10.0. The molecule has 168 valence electrons. The Morgan fingerprint density at radius 1 is 1.03 bits per heavy atom. The van der Waals surface area contributed by atoms with Crippen molar-refractivity contribution in [3.8, 4) is 0 Å². The van der Waals surface area contributed by atoms with Gasteiger partial charge in [0.05, 0.1) is 12.2 Å². The Balaban J connectivity index is 1.65.